The first kappa shape index (κ1) is 22.4. The molecule has 0 saturated heterocycles. The Labute approximate surface area is 187 Å². The predicted octanol–water partition coefficient (Wildman–Crippen LogP) is 4.78. The molecule has 3 rings (SSSR count). The molecule has 6 heteroatoms. The van der Waals surface area contributed by atoms with Gasteiger partial charge in [-0.25, -0.2) is 0 Å². The van der Waals surface area contributed by atoms with Crippen LogP contribution in [-0.4, -0.2) is 23.9 Å². The smallest absolute Gasteiger partial charge is 0.257 e. The summed E-state index contributed by atoms with van der Waals surface area (Å²) in [5, 5.41) is 9.94. The second kappa shape index (κ2) is 11.2. The second-order valence-electron chi connectivity index (χ2n) is 7.05. The Kier molecular flexibility index (Phi) is 8.05. The fourth-order valence-corrected chi connectivity index (χ4v) is 3.32. The highest BCUT2D eigenvalue weighted by atomic mass is 35.5. The molecule has 31 heavy (non-hydrogen) atoms. The van der Waals surface area contributed by atoms with Crippen LogP contribution < -0.4 is 10.5 Å². The van der Waals surface area contributed by atoms with Gasteiger partial charge in [0.1, 0.15) is 12.4 Å². The lowest BCUT2D eigenvalue weighted by molar-refractivity contribution is 0.0737. The van der Waals surface area contributed by atoms with Crippen molar-refractivity contribution in [1.29, 1.82) is 5.26 Å². The lowest BCUT2D eigenvalue weighted by atomic mass is 10.1. The third-order valence-corrected chi connectivity index (χ3v) is 5.10. The van der Waals surface area contributed by atoms with Crippen molar-refractivity contribution in [3.63, 3.8) is 0 Å². The Balaban J connectivity index is 1.81. The first-order valence-electron chi connectivity index (χ1n) is 10.1. The van der Waals surface area contributed by atoms with E-state index < -0.39 is 0 Å². The molecule has 158 valence electrons. The number of nitrogens with zero attached hydrogens (tertiary/aromatic N) is 2. The Morgan fingerprint density at radius 3 is 2.48 bits per heavy atom. The van der Waals surface area contributed by atoms with Crippen LogP contribution in [0.4, 0.5) is 0 Å². The summed E-state index contributed by atoms with van der Waals surface area (Å²) in [5.74, 6) is 0.349. The third kappa shape index (κ3) is 6.08. The highest BCUT2D eigenvalue weighted by Gasteiger charge is 2.20. The zero-order valence-electron chi connectivity index (χ0n) is 17.1. The highest BCUT2D eigenvalue weighted by molar-refractivity contribution is 6.30. The molecule has 2 N–H and O–H groups in total. The normalized spacial score (nSPS) is 10.4. The van der Waals surface area contributed by atoms with E-state index in [0.717, 1.165) is 11.1 Å². The molecular weight excluding hydrogens is 410 g/mol. The maximum absolute atomic E-state index is 13.4. The van der Waals surface area contributed by atoms with E-state index in [1.165, 1.54) is 0 Å². The number of hydrogen-bond donors (Lipinski definition) is 1. The van der Waals surface area contributed by atoms with Gasteiger partial charge in [-0.1, -0.05) is 54.1 Å². The van der Waals surface area contributed by atoms with Crippen LogP contribution in [0.3, 0.4) is 0 Å². The molecule has 0 aromatic heterocycles. The molecule has 0 aliphatic carbocycles. The maximum Gasteiger partial charge on any atom is 0.257 e. The van der Waals surface area contributed by atoms with Gasteiger partial charge in [0.05, 0.1) is 17.2 Å². The van der Waals surface area contributed by atoms with Gasteiger partial charge in [-0.3, -0.25) is 4.79 Å². The quantitative estimate of drug-likeness (QED) is 0.526. The van der Waals surface area contributed by atoms with Crippen LogP contribution >= 0.6 is 11.6 Å². The lowest BCUT2D eigenvalue weighted by Crippen LogP contribution is -2.32. The summed E-state index contributed by atoms with van der Waals surface area (Å²) in [6, 6.07) is 24.0. The van der Waals surface area contributed by atoms with Crippen molar-refractivity contribution >= 4 is 17.5 Å². The van der Waals surface area contributed by atoms with Gasteiger partial charge >= 0.3 is 0 Å². The summed E-state index contributed by atoms with van der Waals surface area (Å²) in [6.45, 7) is 1.67. The second-order valence-corrected chi connectivity index (χ2v) is 7.49. The van der Waals surface area contributed by atoms with Gasteiger partial charge in [-0.05, 0) is 48.9 Å². The van der Waals surface area contributed by atoms with E-state index in [1.807, 2.05) is 54.6 Å². The van der Waals surface area contributed by atoms with Crippen LogP contribution in [0.25, 0.3) is 0 Å². The summed E-state index contributed by atoms with van der Waals surface area (Å²) in [6.07, 6.45) is 0.692. The zero-order valence-corrected chi connectivity index (χ0v) is 17.9. The number of rotatable bonds is 9. The van der Waals surface area contributed by atoms with Crippen LogP contribution in [-0.2, 0) is 13.2 Å². The first-order valence-corrected chi connectivity index (χ1v) is 10.4. The molecule has 0 aliphatic rings. The summed E-state index contributed by atoms with van der Waals surface area (Å²) in [7, 11) is 0. The molecule has 3 aromatic carbocycles. The fraction of sp³-hybridized carbons (Fsp3) is 0.200. The topological polar surface area (TPSA) is 79.3 Å². The molecule has 0 spiro atoms. The van der Waals surface area contributed by atoms with Gasteiger partial charge in [0.25, 0.3) is 5.91 Å². The number of carbonyl (C=O) groups excluding carboxylic acids is 1. The van der Waals surface area contributed by atoms with Crippen LogP contribution in [0.15, 0.2) is 72.8 Å². The number of benzene rings is 3. The third-order valence-electron chi connectivity index (χ3n) is 4.84. The van der Waals surface area contributed by atoms with Crippen molar-refractivity contribution in [2.24, 2.45) is 5.73 Å². The number of nitriles is 1. The molecule has 3 aromatic rings. The summed E-state index contributed by atoms with van der Waals surface area (Å²) < 4.78 is 5.97. The van der Waals surface area contributed by atoms with Crippen molar-refractivity contribution in [3.05, 3.63) is 100 Å². The molecule has 0 heterocycles. The van der Waals surface area contributed by atoms with Crippen molar-refractivity contribution in [3.8, 4) is 11.8 Å². The van der Waals surface area contributed by atoms with Gasteiger partial charge < -0.3 is 15.4 Å². The van der Waals surface area contributed by atoms with Gasteiger partial charge in [-0.15, -0.1) is 0 Å². The minimum atomic E-state index is -0.132. The van der Waals surface area contributed by atoms with Crippen LogP contribution in [0.1, 0.15) is 33.5 Å². The number of para-hydroxylation sites is 1. The van der Waals surface area contributed by atoms with Crippen LogP contribution in [0.5, 0.6) is 5.75 Å². The first-order chi connectivity index (χ1) is 15.1. The zero-order chi connectivity index (χ0) is 22.1. The minimum Gasteiger partial charge on any atom is -0.488 e. The molecule has 0 radical (unpaired) electrons. The molecular formula is C25H24ClN3O2. The van der Waals surface area contributed by atoms with E-state index in [2.05, 4.69) is 6.07 Å². The maximum atomic E-state index is 13.4. The summed E-state index contributed by atoms with van der Waals surface area (Å²) >= 11 is 5.98. The number of ether oxygens (including phenoxy) is 1. The van der Waals surface area contributed by atoms with Crippen LogP contribution in [0.2, 0.25) is 5.02 Å². The van der Waals surface area contributed by atoms with Gasteiger partial charge in [-0.2, -0.15) is 5.26 Å². The van der Waals surface area contributed by atoms with E-state index in [0.29, 0.717) is 48.0 Å². The van der Waals surface area contributed by atoms with Crippen molar-refractivity contribution in [2.75, 3.05) is 13.1 Å². The van der Waals surface area contributed by atoms with Crippen molar-refractivity contribution in [2.45, 2.75) is 19.6 Å². The minimum absolute atomic E-state index is 0.132. The van der Waals surface area contributed by atoms with Crippen molar-refractivity contribution in [1.82, 2.24) is 4.90 Å². The standard InChI is InChI=1S/C25H24ClN3O2/c26-22-12-10-19(11-13-22)17-29(15-5-14-27)25(30)23-8-3-4-9-24(23)31-18-21-7-2-1-6-20(21)16-28/h1-4,6-13H,5,14-15,17-18,27H2. The summed E-state index contributed by atoms with van der Waals surface area (Å²) in [4.78, 5) is 15.2. The van der Waals surface area contributed by atoms with Crippen LogP contribution in [0, 0.1) is 11.3 Å². The Bertz CT molecular complexity index is 1060. The number of halogens is 1. The molecule has 0 bridgehead atoms. The van der Waals surface area contributed by atoms with Gasteiger partial charge in [0.15, 0.2) is 0 Å². The van der Waals surface area contributed by atoms with Gasteiger partial charge in [0, 0.05) is 23.7 Å². The Morgan fingerprint density at radius 2 is 1.74 bits per heavy atom. The molecule has 0 saturated carbocycles. The van der Waals surface area contributed by atoms with E-state index >= 15 is 0 Å². The number of hydrogen-bond acceptors (Lipinski definition) is 4. The molecule has 5 nitrogen and oxygen atoms in total. The fourth-order valence-electron chi connectivity index (χ4n) is 3.20. The lowest BCUT2D eigenvalue weighted by Gasteiger charge is -2.24. The Hall–Kier alpha value is -3.33. The van der Waals surface area contributed by atoms with E-state index in [4.69, 9.17) is 22.1 Å². The number of nitrogens with two attached hydrogens (primary N) is 1. The van der Waals surface area contributed by atoms with Gasteiger partial charge in [0.2, 0.25) is 0 Å². The van der Waals surface area contributed by atoms with E-state index in [9.17, 15) is 10.1 Å². The SMILES string of the molecule is N#Cc1ccccc1COc1ccccc1C(=O)N(CCCN)Cc1ccc(Cl)cc1. The number of amides is 1. The van der Waals surface area contributed by atoms with E-state index in [-0.39, 0.29) is 12.5 Å². The molecule has 0 fully saturated rings. The summed E-state index contributed by atoms with van der Waals surface area (Å²) in [5.41, 5.74) is 8.48. The average molecular weight is 434 g/mol. The predicted molar refractivity (Wildman–Crippen MR) is 122 cm³/mol. The molecule has 0 unspecified atom stereocenters. The number of carbonyl (C=O) groups is 1. The largest absolute Gasteiger partial charge is 0.488 e. The molecule has 1 amide bonds. The molecule has 0 aliphatic heterocycles. The Morgan fingerprint density at radius 1 is 1.03 bits per heavy atom. The van der Waals surface area contributed by atoms with E-state index in [1.54, 1.807) is 23.1 Å². The highest BCUT2D eigenvalue weighted by Crippen LogP contribution is 2.23. The van der Waals surface area contributed by atoms with Crippen molar-refractivity contribution < 1.29 is 9.53 Å². The monoisotopic (exact) mass is 433 g/mol. The average Bonchev–Trinajstić information content (AvgIpc) is 2.81. The molecule has 0 atom stereocenters.